The Morgan fingerprint density at radius 1 is 1.38 bits per heavy atom. The Morgan fingerprint density at radius 2 is 1.62 bits per heavy atom. The third-order valence-corrected chi connectivity index (χ3v) is 1.74. The molecule has 0 aromatic rings. The van der Waals surface area contributed by atoms with Gasteiger partial charge in [0, 0.05) is 33.1 Å². The van der Waals surface area contributed by atoms with Gasteiger partial charge in [0.2, 0.25) is 0 Å². The summed E-state index contributed by atoms with van der Waals surface area (Å²) >= 11 is 0. The molecular formula is C7H16N2O3Pt. The quantitative estimate of drug-likeness (QED) is 0.467. The van der Waals surface area contributed by atoms with Crippen molar-refractivity contribution in [2.24, 2.45) is 11.5 Å². The average Bonchev–Trinajstić information content (AvgIpc) is 2.02. The first kappa shape index (κ1) is 15.5. The number of hydrogen-bond acceptors (Lipinski definition) is 4. The molecule has 5 nitrogen and oxygen atoms in total. The predicted octanol–water partition coefficient (Wildman–Crippen LogP) is -1.12. The molecule has 1 aliphatic carbocycles. The standard InChI is InChI=1S/C4H10N2.C3H6O3.Pt/c5-3-1-2-4(3)6;1-2(4)3(5)6;/h3-4H,1-2,5-6H2;2,4H,1H3,(H,5,6);/t3-,4-;2-;/m00./s1. The number of carbonyl (C=O) groups is 1. The number of aliphatic hydroxyl groups excluding tert-OH is 1. The van der Waals surface area contributed by atoms with Crippen LogP contribution in [0.1, 0.15) is 19.8 Å². The van der Waals surface area contributed by atoms with Crippen LogP contribution in [0.25, 0.3) is 0 Å². The molecule has 82 valence electrons. The zero-order chi connectivity index (χ0) is 9.72. The summed E-state index contributed by atoms with van der Waals surface area (Å²) < 4.78 is 0. The van der Waals surface area contributed by atoms with Gasteiger partial charge < -0.3 is 21.7 Å². The smallest absolute Gasteiger partial charge is 0.332 e. The van der Waals surface area contributed by atoms with E-state index in [1.807, 2.05) is 0 Å². The summed E-state index contributed by atoms with van der Waals surface area (Å²) in [7, 11) is 0. The maximum atomic E-state index is 9.45. The number of carboxylic acid groups (broad SMARTS) is 1. The summed E-state index contributed by atoms with van der Waals surface area (Å²) in [6.07, 6.45) is 1.02. The normalized spacial score (nSPS) is 27.1. The van der Waals surface area contributed by atoms with Gasteiger partial charge in [-0.15, -0.1) is 0 Å². The summed E-state index contributed by atoms with van der Waals surface area (Å²) in [4.78, 5) is 9.45. The molecule has 0 aromatic carbocycles. The van der Waals surface area contributed by atoms with E-state index in [4.69, 9.17) is 21.7 Å². The van der Waals surface area contributed by atoms with Crippen LogP contribution in [-0.2, 0) is 25.9 Å². The molecule has 13 heavy (non-hydrogen) atoms. The molecule has 0 bridgehead atoms. The van der Waals surface area contributed by atoms with Gasteiger partial charge in [-0.25, -0.2) is 4.79 Å². The monoisotopic (exact) mass is 371 g/mol. The Labute approximate surface area is 91.7 Å². The minimum absolute atomic E-state index is 0. The second kappa shape index (κ2) is 7.44. The first-order valence-corrected chi connectivity index (χ1v) is 3.87. The van der Waals surface area contributed by atoms with Crippen molar-refractivity contribution in [1.29, 1.82) is 0 Å². The molecule has 1 saturated carbocycles. The Bertz CT molecular complexity index is 147. The molecular weight excluding hydrogens is 355 g/mol. The van der Waals surface area contributed by atoms with E-state index in [0.717, 1.165) is 12.8 Å². The summed E-state index contributed by atoms with van der Waals surface area (Å²) in [5.41, 5.74) is 10.8. The van der Waals surface area contributed by atoms with E-state index in [0.29, 0.717) is 12.1 Å². The minimum Gasteiger partial charge on any atom is -0.479 e. The van der Waals surface area contributed by atoms with Gasteiger partial charge in [0.1, 0.15) is 6.10 Å². The molecule has 0 spiro atoms. The minimum atomic E-state index is -1.23. The van der Waals surface area contributed by atoms with Crippen LogP contribution >= 0.6 is 0 Å². The van der Waals surface area contributed by atoms with Crippen molar-refractivity contribution in [2.45, 2.75) is 38.0 Å². The summed E-state index contributed by atoms with van der Waals surface area (Å²) in [6.45, 7) is 1.20. The zero-order valence-corrected chi connectivity index (χ0v) is 9.69. The van der Waals surface area contributed by atoms with Crippen LogP contribution in [0.3, 0.4) is 0 Å². The van der Waals surface area contributed by atoms with E-state index in [9.17, 15) is 4.79 Å². The van der Waals surface area contributed by atoms with E-state index < -0.39 is 12.1 Å². The average molecular weight is 371 g/mol. The van der Waals surface area contributed by atoms with Crippen LogP contribution in [0, 0.1) is 0 Å². The molecule has 0 aliphatic heterocycles. The van der Waals surface area contributed by atoms with Gasteiger partial charge in [0.25, 0.3) is 0 Å². The van der Waals surface area contributed by atoms with E-state index in [1.165, 1.54) is 6.92 Å². The zero-order valence-electron chi connectivity index (χ0n) is 7.42. The Morgan fingerprint density at radius 3 is 1.62 bits per heavy atom. The summed E-state index contributed by atoms with van der Waals surface area (Å²) in [5, 5.41) is 15.8. The van der Waals surface area contributed by atoms with Crippen LogP contribution in [0.2, 0.25) is 0 Å². The van der Waals surface area contributed by atoms with Crippen LogP contribution < -0.4 is 11.5 Å². The second-order valence-electron chi connectivity index (χ2n) is 2.92. The van der Waals surface area contributed by atoms with Crippen LogP contribution in [0.5, 0.6) is 0 Å². The maximum Gasteiger partial charge on any atom is 0.332 e. The Kier molecular flexibility index (Phi) is 8.88. The number of rotatable bonds is 1. The van der Waals surface area contributed by atoms with Crippen LogP contribution in [0.4, 0.5) is 0 Å². The molecule has 0 radical (unpaired) electrons. The summed E-state index contributed by atoms with van der Waals surface area (Å²) in [5.74, 6) is -1.19. The molecule has 1 aliphatic rings. The van der Waals surface area contributed by atoms with E-state index in [1.54, 1.807) is 0 Å². The van der Waals surface area contributed by atoms with Gasteiger partial charge in [-0.2, -0.15) is 0 Å². The van der Waals surface area contributed by atoms with Crippen LogP contribution in [0.15, 0.2) is 0 Å². The van der Waals surface area contributed by atoms with Crippen molar-refractivity contribution in [3.05, 3.63) is 0 Å². The van der Waals surface area contributed by atoms with Crippen molar-refractivity contribution in [3.8, 4) is 0 Å². The third-order valence-electron chi connectivity index (χ3n) is 1.74. The second-order valence-corrected chi connectivity index (χ2v) is 2.92. The number of aliphatic hydroxyl groups is 1. The van der Waals surface area contributed by atoms with Crippen molar-refractivity contribution < 1.29 is 36.1 Å². The van der Waals surface area contributed by atoms with Gasteiger partial charge in [0.15, 0.2) is 0 Å². The van der Waals surface area contributed by atoms with E-state index >= 15 is 0 Å². The topological polar surface area (TPSA) is 110 Å². The summed E-state index contributed by atoms with van der Waals surface area (Å²) in [6, 6.07) is 0.620. The van der Waals surface area contributed by atoms with Crippen molar-refractivity contribution in [1.82, 2.24) is 0 Å². The Hall–Kier alpha value is 0.0383. The number of carboxylic acids is 1. The molecule has 3 atom stereocenters. The van der Waals surface area contributed by atoms with Crippen molar-refractivity contribution >= 4 is 5.97 Å². The van der Waals surface area contributed by atoms with E-state index in [2.05, 4.69) is 0 Å². The Balaban J connectivity index is 0. The fraction of sp³-hybridized carbons (Fsp3) is 0.857. The maximum absolute atomic E-state index is 9.45. The molecule has 0 unspecified atom stereocenters. The first-order chi connectivity index (χ1) is 5.45. The molecule has 0 aromatic heterocycles. The van der Waals surface area contributed by atoms with Crippen LogP contribution in [-0.4, -0.2) is 34.4 Å². The molecule has 1 rings (SSSR count). The van der Waals surface area contributed by atoms with Gasteiger partial charge in [0.05, 0.1) is 0 Å². The van der Waals surface area contributed by atoms with E-state index in [-0.39, 0.29) is 21.1 Å². The molecule has 0 heterocycles. The molecule has 0 saturated heterocycles. The first-order valence-electron chi connectivity index (χ1n) is 3.87. The van der Waals surface area contributed by atoms with Gasteiger partial charge in [-0.3, -0.25) is 0 Å². The molecule has 6 N–H and O–H groups in total. The number of nitrogens with two attached hydrogens (primary N) is 2. The largest absolute Gasteiger partial charge is 0.479 e. The predicted molar refractivity (Wildman–Crippen MR) is 44.5 cm³/mol. The SMILES string of the molecule is C[C@H](O)C(=O)O.N[C@H]1CC[C@@H]1N.[Pt]. The van der Waals surface area contributed by atoms with Gasteiger partial charge >= 0.3 is 5.97 Å². The number of aliphatic carboxylic acids is 1. The van der Waals surface area contributed by atoms with Crippen molar-refractivity contribution in [3.63, 3.8) is 0 Å². The molecule has 1 fully saturated rings. The van der Waals surface area contributed by atoms with Crippen molar-refractivity contribution in [2.75, 3.05) is 0 Å². The third kappa shape index (κ3) is 7.14. The van der Waals surface area contributed by atoms with Gasteiger partial charge in [-0.05, 0) is 19.8 Å². The van der Waals surface area contributed by atoms with Gasteiger partial charge in [-0.1, -0.05) is 0 Å². The number of hydrogen-bond donors (Lipinski definition) is 4. The fourth-order valence-corrected chi connectivity index (χ4v) is 0.552. The fourth-order valence-electron chi connectivity index (χ4n) is 0.552. The molecule has 0 amide bonds. The molecule has 6 heteroatoms.